The minimum atomic E-state index is 0. The first-order valence-electron chi connectivity index (χ1n) is 9.37. The van der Waals surface area contributed by atoms with Crippen molar-refractivity contribution < 1.29 is 9.47 Å². The van der Waals surface area contributed by atoms with Gasteiger partial charge in [-0.25, -0.2) is 4.98 Å². The second-order valence-electron chi connectivity index (χ2n) is 6.52. The van der Waals surface area contributed by atoms with Crippen molar-refractivity contribution in [2.24, 2.45) is 4.99 Å². The molecule has 3 rings (SSSR count). The maximum atomic E-state index is 5.50. The van der Waals surface area contributed by atoms with Gasteiger partial charge in [0.25, 0.3) is 0 Å². The average Bonchev–Trinajstić information content (AvgIpc) is 3.22. The summed E-state index contributed by atoms with van der Waals surface area (Å²) < 4.78 is 10.9. The van der Waals surface area contributed by atoms with E-state index in [1.165, 1.54) is 0 Å². The molecule has 0 atom stereocenters. The number of nitrogens with zero attached hydrogens (tertiary/aromatic N) is 3. The van der Waals surface area contributed by atoms with Crippen molar-refractivity contribution >= 4 is 29.9 Å². The van der Waals surface area contributed by atoms with E-state index in [0.29, 0.717) is 18.8 Å². The van der Waals surface area contributed by atoms with Crippen LogP contribution in [0.5, 0.6) is 11.5 Å². The number of aromatic amines is 1. The van der Waals surface area contributed by atoms with Crippen molar-refractivity contribution in [1.29, 1.82) is 0 Å². The lowest BCUT2D eigenvalue weighted by atomic mass is 10.2. The summed E-state index contributed by atoms with van der Waals surface area (Å²) in [6, 6.07) is 16.0. The number of aliphatic imine (C=N–C) groups is 1. The van der Waals surface area contributed by atoms with Crippen LogP contribution in [0.2, 0.25) is 0 Å². The van der Waals surface area contributed by atoms with E-state index in [1.807, 2.05) is 54.5 Å². The number of hydrogen-bond acceptors (Lipinski definition) is 4. The molecule has 0 aliphatic carbocycles. The van der Waals surface area contributed by atoms with Crippen molar-refractivity contribution in [2.45, 2.75) is 13.1 Å². The lowest BCUT2D eigenvalue weighted by molar-refractivity contribution is 0.351. The standard InChI is InChI=1S/C22H27N5O2.HI/c1-23-22(25-13-17-11-8-12-19(28-3)21(17)29-4)27(2)15-20-24-14-18(26-20)16-9-6-5-7-10-16;/h5-12,14H,13,15H2,1-4H3,(H,23,25)(H,24,26);1H. The number of imidazole rings is 1. The molecule has 2 N–H and O–H groups in total. The lowest BCUT2D eigenvalue weighted by Crippen LogP contribution is -2.38. The molecule has 8 heteroatoms. The Morgan fingerprint density at radius 1 is 1.10 bits per heavy atom. The molecule has 30 heavy (non-hydrogen) atoms. The van der Waals surface area contributed by atoms with Crippen molar-refractivity contribution in [3.05, 3.63) is 66.1 Å². The molecular weight excluding hydrogens is 493 g/mol. The molecule has 1 aromatic heterocycles. The number of rotatable bonds is 7. The largest absolute Gasteiger partial charge is 0.493 e. The van der Waals surface area contributed by atoms with Crippen LogP contribution in [0, 0.1) is 0 Å². The van der Waals surface area contributed by atoms with Gasteiger partial charge in [-0.15, -0.1) is 24.0 Å². The average molecular weight is 521 g/mol. The molecule has 0 fully saturated rings. The molecule has 0 saturated heterocycles. The summed E-state index contributed by atoms with van der Waals surface area (Å²) >= 11 is 0. The van der Waals surface area contributed by atoms with Gasteiger partial charge in [0.1, 0.15) is 5.82 Å². The molecule has 0 spiro atoms. The number of benzene rings is 2. The number of ether oxygens (including phenoxy) is 2. The van der Waals surface area contributed by atoms with Crippen molar-refractivity contribution in [3.8, 4) is 22.8 Å². The summed E-state index contributed by atoms with van der Waals surface area (Å²) in [6.45, 7) is 1.16. The molecule has 0 bridgehead atoms. The molecule has 1 heterocycles. The number of hydrogen-bond donors (Lipinski definition) is 2. The molecule has 2 aromatic carbocycles. The number of para-hydroxylation sites is 1. The fourth-order valence-electron chi connectivity index (χ4n) is 3.16. The van der Waals surface area contributed by atoms with E-state index < -0.39 is 0 Å². The van der Waals surface area contributed by atoms with E-state index in [1.54, 1.807) is 21.3 Å². The number of guanidine groups is 1. The Kier molecular flexibility index (Phi) is 8.97. The molecule has 0 radical (unpaired) electrons. The van der Waals surface area contributed by atoms with Gasteiger partial charge in [-0.3, -0.25) is 4.99 Å². The Morgan fingerprint density at radius 2 is 1.87 bits per heavy atom. The molecule has 7 nitrogen and oxygen atoms in total. The van der Waals surface area contributed by atoms with Gasteiger partial charge in [0.15, 0.2) is 17.5 Å². The molecule has 0 saturated carbocycles. The first-order valence-corrected chi connectivity index (χ1v) is 9.37. The van der Waals surface area contributed by atoms with E-state index in [9.17, 15) is 0 Å². The number of aromatic nitrogens is 2. The highest BCUT2D eigenvalue weighted by Crippen LogP contribution is 2.30. The normalized spacial score (nSPS) is 10.9. The van der Waals surface area contributed by atoms with E-state index >= 15 is 0 Å². The Bertz CT molecular complexity index is 959. The molecule has 0 amide bonds. The van der Waals surface area contributed by atoms with Crippen molar-refractivity contribution in [2.75, 3.05) is 28.3 Å². The van der Waals surface area contributed by atoms with Gasteiger partial charge in [0.2, 0.25) is 0 Å². The lowest BCUT2D eigenvalue weighted by Gasteiger charge is -2.22. The molecule has 0 aliphatic rings. The van der Waals surface area contributed by atoms with E-state index in [-0.39, 0.29) is 24.0 Å². The third kappa shape index (κ3) is 5.65. The van der Waals surface area contributed by atoms with Gasteiger partial charge in [-0.2, -0.15) is 0 Å². The number of nitrogens with one attached hydrogen (secondary N) is 2. The second kappa shape index (κ2) is 11.4. The van der Waals surface area contributed by atoms with Crippen LogP contribution >= 0.6 is 24.0 Å². The number of H-pyrrole nitrogens is 1. The number of methoxy groups -OCH3 is 2. The zero-order valence-electron chi connectivity index (χ0n) is 17.7. The van der Waals surface area contributed by atoms with Gasteiger partial charge >= 0.3 is 0 Å². The highest BCUT2D eigenvalue weighted by Gasteiger charge is 2.13. The van der Waals surface area contributed by atoms with Crippen LogP contribution < -0.4 is 14.8 Å². The summed E-state index contributed by atoms with van der Waals surface area (Å²) in [5.74, 6) is 3.05. The fraction of sp³-hybridized carbons (Fsp3) is 0.273. The quantitative estimate of drug-likeness (QED) is 0.280. The van der Waals surface area contributed by atoms with Gasteiger partial charge in [0.05, 0.1) is 32.7 Å². The van der Waals surface area contributed by atoms with E-state index in [2.05, 4.69) is 32.4 Å². The smallest absolute Gasteiger partial charge is 0.194 e. The highest BCUT2D eigenvalue weighted by atomic mass is 127. The Morgan fingerprint density at radius 3 is 2.53 bits per heavy atom. The van der Waals surface area contributed by atoms with Gasteiger partial charge < -0.3 is 24.7 Å². The monoisotopic (exact) mass is 521 g/mol. The van der Waals surface area contributed by atoms with Crippen LogP contribution in [-0.4, -0.2) is 49.1 Å². The summed E-state index contributed by atoms with van der Waals surface area (Å²) in [7, 11) is 7.01. The van der Waals surface area contributed by atoms with Crippen LogP contribution in [0.15, 0.2) is 59.7 Å². The zero-order valence-corrected chi connectivity index (χ0v) is 20.0. The zero-order chi connectivity index (χ0) is 20.6. The third-order valence-electron chi connectivity index (χ3n) is 4.59. The summed E-state index contributed by atoms with van der Waals surface area (Å²) in [5, 5.41) is 3.37. The predicted molar refractivity (Wildman–Crippen MR) is 131 cm³/mol. The second-order valence-corrected chi connectivity index (χ2v) is 6.52. The number of halogens is 1. The minimum absolute atomic E-state index is 0. The van der Waals surface area contributed by atoms with Crippen LogP contribution in [-0.2, 0) is 13.1 Å². The Balaban J connectivity index is 0.00000320. The SMILES string of the molecule is CN=C(NCc1cccc(OC)c1OC)N(C)Cc1ncc(-c2ccccc2)[nH]1.I. The highest BCUT2D eigenvalue weighted by molar-refractivity contribution is 14.0. The van der Waals surface area contributed by atoms with E-state index in [4.69, 9.17) is 9.47 Å². The summed E-state index contributed by atoms with van der Waals surface area (Å²) in [6.07, 6.45) is 1.86. The van der Waals surface area contributed by atoms with Gasteiger partial charge in [-0.05, 0) is 11.6 Å². The molecular formula is C22H28IN5O2. The first-order chi connectivity index (χ1) is 14.2. The predicted octanol–water partition coefficient (Wildman–Crippen LogP) is 3.92. The first kappa shape index (κ1) is 23.5. The van der Waals surface area contributed by atoms with Gasteiger partial charge in [-0.1, -0.05) is 42.5 Å². The van der Waals surface area contributed by atoms with Crippen LogP contribution in [0.3, 0.4) is 0 Å². The summed E-state index contributed by atoms with van der Waals surface area (Å²) in [4.78, 5) is 14.3. The van der Waals surface area contributed by atoms with Crippen LogP contribution in [0.25, 0.3) is 11.3 Å². The molecule has 3 aromatic rings. The Labute approximate surface area is 194 Å². The molecule has 0 aliphatic heterocycles. The van der Waals surface area contributed by atoms with Crippen molar-refractivity contribution in [3.63, 3.8) is 0 Å². The van der Waals surface area contributed by atoms with Crippen LogP contribution in [0.4, 0.5) is 0 Å². The molecule has 0 unspecified atom stereocenters. The van der Waals surface area contributed by atoms with Crippen LogP contribution in [0.1, 0.15) is 11.4 Å². The minimum Gasteiger partial charge on any atom is -0.493 e. The Hall–Kier alpha value is -2.75. The fourth-order valence-corrected chi connectivity index (χ4v) is 3.16. The maximum absolute atomic E-state index is 5.50. The van der Waals surface area contributed by atoms with Gasteiger partial charge in [0, 0.05) is 26.2 Å². The van der Waals surface area contributed by atoms with Crippen molar-refractivity contribution in [1.82, 2.24) is 20.2 Å². The molecule has 160 valence electrons. The van der Waals surface area contributed by atoms with E-state index in [0.717, 1.165) is 34.4 Å². The maximum Gasteiger partial charge on any atom is 0.194 e. The summed E-state index contributed by atoms with van der Waals surface area (Å²) in [5.41, 5.74) is 3.10. The third-order valence-corrected chi connectivity index (χ3v) is 4.59. The topological polar surface area (TPSA) is 74.8 Å².